The second-order valence-electron chi connectivity index (χ2n) is 5.12. The number of aliphatic hydroxyl groups is 1. The molecular formula is C16H19N5O2. The highest BCUT2D eigenvalue weighted by atomic mass is 16.5. The zero-order valence-electron chi connectivity index (χ0n) is 12.9. The first-order valence-corrected chi connectivity index (χ1v) is 7.48. The molecule has 0 aliphatic carbocycles. The molecule has 23 heavy (non-hydrogen) atoms. The van der Waals surface area contributed by atoms with E-state index >= 15 is 0 Å². The van der Waals surface area contributed by atoms with Crippen LogP contribution in [-0.2, 0) is 4.74 Å². The highest BCUT2D eigenvalue weighted by Gasteiger charge is 2.10. The van der Waals surface area contributed by atoms with Crippen molar-refractivity contribution in [3.63, 3.8) is 0 Å². The quantitative estimate of drug-likeness (QED) is 0.644. The summed E-state index contributed by atoms with van der Waals surface area (Å²) in [5, 5.41) is 17.2. The lowest BCUT2D eigenvalue weighted by Crippen LogP contribution is -2.12. The van der Waals surface area contributed by atoms with E-state index in [9.17, 15) is 0 Å². The molecule has 0 fully saturated rings. The minimum absolute atomic E-state index is 0.0288. The standard InChI is InChI=1S/C16H19N5O2/c1-12-3-2-4-13(9-12)21-16-14(10-20-21)15(18-11-19-16)17-5-7-23-8-6-22/h2-4,9-11,22H,5-8H2,1H3,(H,17,18,19). The van der Waals surface area contributed by atoms with E-state index in [1.807, 2.05) is 25.1 Å². The Labute approximate surface area is 133 Å². The Balaban J connectivity index is 1.83. The van der Waals surface area contributed by atoms with Gasteiger partial charge in [0.25, 0.3) is 0 Å². The molecule has 0 bridgehead atoms. The summed E-state index contributed by atoms with van der Waals surface area (Å²) in [4.78, 5) is 8.62. The summed E-state index contributed by atoms with van der Waals surface area (Å²) < 4.78 is 7.03. The Hall–Kier alpha value is -2.51. The first-order valence-electron chi connectivity index (χ1n) is 7.48. The Morgan fingerprint density at radius 3 is 3.00 bits per heavy atom. The number of anilines is 1. The molecule has 3 aromatic rings. The molecule has 7 nitrogen and oxygen atoms in total. The van der Waals surface area contributed by atoms with Crippen molar-refractivity contribution in [2.75, 3.05) is 31.7 Å². The van der Waals surface area contributed by atoms with Crippen LogP contribution in [0.3, 0.4) is 0 Å². The van der Waals surface area contributed by atoms with Crippen LogP contribution in [0.15, 0.2) is 36.8 Å². The summed E-state index contributed by atoms with van der Waals surface area (Å²) in [5.74, 6) is 0.724. The second kappa shape index (κ2) is 7.17. The van der Waals surface area contributed by atoms with Crippen LogP contribution < -0.4 is 5.32 Å². The van der Waals surface area contributed by atoms with E-state index in [0.717, 1.165) is 22.5 Å². The number of benzene rings is 1. The predicted octanol–water partition coefficient (Wildman–Crippen LogP) is 1.54. The van der Waals surface area contributed by atoms with Crippen LogP contribution in [-0.4, -0.2) is 51.2 Å². The van der Waals surface area contributed by atoms with Gasteiger partial charge in [-0.3, -0.25) is 0 Å². The van der Waals surface area contributed by atoms with Crippen LogP contribution in [0.25, 0.3) is 16.7 Å². The number of ether oxygens (including phenoxy) is 1. The van der Waals surface area contributed by atoms with Crippen molar-refractivity contribution in [2.45, 2.75) is 6.92 Å². The van der Waals surface area contributed by atoms with E-state index in [1.54, 1.807) is 10.9 Å². The van der Waals surface area contributed by atoms with Crippen LogP contribution in [0.1, 0.15) is 5.56 Å². The first-order chi connectivity index (χ1) is 11.3. The maximum atomic E-state index is 8.68. The van der Waals surface area contributed by atoms with Gasteiger partial charge in [-0.2, -0.15) is 5.10 Å². The van der Waals surface area contributed by atoms with E-state index in [4.69, 9.17) is 9.84 Å². The highest BCUT2D eigenvalue weighted by molar-refractivity contribution is 5.87. The summed E-state index contributed by atoms with van der Waals surface area (Å²) >= 11 is 0. The third-order valence-electron chi connectivity index (χ3n) is 3.39. The van der Waals surface area contributed by atoms with Gasteiger partial charge in [-0.1, -0.05) is 12.1 Å². The fraction of sp³-hybridized carbons (Fsp3) is 0.312. The Morgan fingerprint density at radius 2 is 2.17 bits per heavy atom. The minimum Gasteiger partial charge on any atom is -0.394 e. The Bertz CT molecular complexity index is 787. The van der Waals surface area contributed by atoms with Crippen LogP contribution in [0.4, 0.5) is 5.82 Å². The number of fused-ring (bicyclic) bond motifs is 1. The van der Waals surface area contributed by atoms with Gasteiger partial charge < -0.3 is 15.2 Å². The highest BCUT2D eigenvalue weighted by Crippen LogP contribution is 2.21. The summed E-state index contributed by atoms with van der Waals surface area (Å²) in [6.45, 7) is 3.51. The van der Waals surface area contributed by atoms with Gasteiger partial charge in [0.1, 0.15) is 12.1 Å². The Morgan fingerprint density at radius 1 is 1.26 bits per heavy atom. The minimum atomic E-state index is 0.0288. The van der Waals surface area contributed by atoms with Crippen LogP contribution >= 0.6 is 0 Å². The lowest BCUT2D eigenvalue weighted by molar-refractivity contribution is 0.0992. The maximum absolute atomic E-state index is 8.68. The average molecular weight is 313 g/mol. The number of nitrogens with one attached hydrogen (secondary N) is 1. The van der Waals surface area contributed by atoms with Gasteiger partial charge in [0, 0.05) is 6.54 Å². The number of nitrogens with zero attached hydrogens (tertiary/aromatic N) is 4. The number of aryl methyl sites for hydroxylation is 1. The van der Waals surface area contributed by atoms with Gasteiger partial charge >= 0.3 is 0 Å². The Kier molecular flexibility index (Phi) is 4.80. The monoisotopic (exact) mass is 313 g/mol. The average Bonchev–Trinajstić information content (AvgIpc) is 2.99. The largest absolute Gasteiger partial charge is 0.394 e. The van der Waals surface area contributed by atoms with E-state index in [0.29, 0.717) is 19.8 Å². The molecule has 0 aliphatic heterocycles. The zero-order chi connectivity index (χ0) is 16.1. The van der Waals surface area contributed by atoms with Crippen molar-refractivity contribution >= 4 is 16.9 Å². The predicted molar refractivity (Wildman–Crippen MR) is 87.8 cm³/mol. The fourth-order valence-electron chi connectivity index (χ4n) is 2.34. The molecule has 0 atom stereocenters. The molecule has 1 aromatic carbocycles. The van der Waals surface area contributed by atoms with Crippen molar-refractivity contribution in [3.05, 3.63) is 42.4 Å². The maximum Gasteiger partial charge on any atom is 0.168 e. The van der Waals surface area contributed by atoms with E-state index < -0.39 is 0 Å². The molecule has 120 valence electrons. The molecule has 0 spiro atoms. The fourth-order valence-corrected chi connectivity index (χ4v) is 2.34. The van der Waals surface area contributed by atoms with Gasteiger partial charge in [-0.05, 0) is 24.6 Å². The first kappa shape index (κ1) is 15.4. The molecular weight excluding hydrogens is 294 g/mol. The summed E-state index contributed by atoms with van der Waals surface area (Å²) in [5.41, 5.74) is 2.89. The molecule has 3 rings (SSSR count). The van der Waals surface area contributed by atoms with Crippen molar-refractivity contribution in [2.24, 2.45) is 0 Å². The van der Waals surface area contributed by atoms with Gasteiger partial charge in [0.05, 0.1) is 37.1 Å². The molecule has 2 N–H and O–H groups in total. The van der Waals surface area contributed by atoms with E-state index in [-0.39, 0.29) is 6.61 Å². The third-order valence-corrected chi connectivity index (χ3v) is 3.39. The van der Waals surface area contributed by atoms with E-state index in [1.165, 1.54) is 11.9 Å². The van der Waals surface area contributed by atoms with Crippen molar-refractivity contribution in [1.82, 2.24) is 19.7 Å². The van der Waals surface area contributed by atoms with Gasteiger partial charge in [-0.15, -0.1) is 0 Å². The molecule has 0 saturated carbocycles. The van der Waals surface area contributed by atoms with E-state index in [2.05, 4.69) is 26.4 Å². The number of aliphatic hydroxyl groups excluding tert-OH is 1. The number of hydrogen-bond acceptors (Lipinski definition) is 6. The van der Waals surface area contributed by atoms with Crippen LogP contribution in [0.5, 0.6) is 0 Å². The van der Waals surface area contributed by atoms with Gasteiger partial charge in [0.15, 0.2) is 5.65 Å². The lowest BCUT2D eigenvalue weighted by Gasteiger charge is -2.07. The van der Waals surface area contributed by atoms with Crippen LogP contribution in [0, 0.1) is 6.92 Å². The molecule has 7 heteroatoms. The summed E-state index contributed by atoms with van der Waals surface area (Å²) in [6.07, 6.45) is 3.28. The third kappa shape index (κ3) is 3.46. The SMILES string of the molecule is Cc1cccc(-n2ncc3c(NCCOCCO)ncnc32)c1. The smallest absolute Gasteiger partial charge is 0.168 e. The molecule has 0 amide bonds. The normalized spacial score (nSPS) is 11.0. The topological polar surface area (TPSA) is 85.1 Å². The van der Waals surface area contributed by atoms with Crippen molar-refractivity contribution in [3.8, 4) is 5.69 Å². The second-order valence-corrected chi connectivity index (χ2v) is 5.12. The zero-order valence-corrected chi connectivity index (χ0v) is 12.9. The molecule has 0 radical (unpaired) electrons. The van der Waals surface area contributed by atoms with Crippen LogP contribution in [0.2, 0.25) is 0 Å². The molecule has 2 aromatic heterocycles. The van der Waals surface area contributed by atoms with Gasteiger partial charge in [-0.25, -0.2) is 14.6 Å². The lowest BCUT2D eigenvalue weighted by atomic mass is 10.2. The van der Waals surface area contributed by atoms with Crippen molar-refractivity contribution < 1.29 is 9.84 Å². The molecule has 0 saturated heterocycles. The molecule has 0 unspecified atom stereocenters. The number of hydrogen-bond donors (Lipinski definition) is 2. The summed E-state index contributed by atoms with van der Waals surface area (Å²) in [6, 6.07) is 8.10. The summed E-state index contributed by atoms with van der Waals surface area (Å²) in [7, 11) is 0. The molecule has 0 aliphatic rings. The number of aromatic nitrogens is 4. The van der Waals surface area contributed by atoms with Crippen molar-refractivity contribution in [1.29, 1.82) is 0 Å². The number of rotatable bonds is 7. The molecule has 2 heterocycles. The van der Waals surface area contributed by atoms with Gasteiger partial charge in [0.2, 0.25) is 0 Å².